The largest absolute Gasteiger partial charge is 0.455 e. The Kier molecular flexibility index (Phi) is 7.61. The maximum Gasteiger partial charge on any atom is 0.143 e. The number of rotatable bonds is 5. The van der Waals surface area contributed by atoms with Gasteiger partial charge >= 0.3 is 0 Å². The fourth-order valence-corrected chi connectivity index (χ4v) is 9.07. The van der Waals surface area contributed by atoms with Crippen molar-refractivity contribution in [2.45, 2.75) is 13.8 Å². The van der Waals surface area contributed by atoms with E-state index >= 15 is 0 Å². The molecule has 3 aromatic heterocycles. The molecule has 0 saturated carbocycles. The van der Waals surface area contributed by atoms with E-state index in [9.17, 15) is 0 Å². The van der Waals surface area contributed by atoms with Crippen LogP contribution >= 0.6 is 0 Å². The van der Waals surface area contributed by atoms with Crippen LogP contribution in [0.3, 0.4) is 0 Å². The first-order valence-electron chi connectivity index (χ1n) is 19.7. The van der Waals surface area contributed by atoms with E-state index in [0.717, 1.165) is 44.4 Å². The quantitative estimate of drug-likeness (QED) is 0.173. The number of hydrogen-bond donors (Lipinski definition) is 0. The summed E-state index contributed by atoms with van der Waals surface area (Å²) >= 11 is 0. The van der Waals surface area contributed by atoms with Crippen LogP contribution in [0.2, 0.25) is 0 Å². The summed E-state index contributed by atoms with van der Waals surface area (Å²) in [7, 11) is 0. The van der Waals surface area contributed by atoms with Crippen LogP contribution in [-0.2, 0) is 0 Å². The lowest BCUT2D eigenvalue weighted by atomic mass is 10.0. The van der Waals surface area contributed by atoms with Gasteiger partial charge < -0.3 is 13.6 Å². The van der Waals surface area contributed by atoms with Gasteiger partial charge in [-0.1, -0.05) is 146 Å². The molecular weight excluding hydrogens is 693 g/mol. The van der Waals surface area contributed by atoms with Crippen LogP contribution in [0.1, 0.15) is 13.8 Å². The van der Waals surface area contributed by atoms with Crippen LogP contribution in [0.5, 0.6) is 0 Å². The summed E-state index contributed by atoms with van der Waals surface area (Å²) in [5.74, 6) is 0. The van der Waals surface area contributed by atoms with Crippen molar-refractivity contribution in [3.8, 4) is 44.8 Å². The second kappa shape index (κ2) is 13.1. The molecule has 0 aliphatic carbocycles. The Bertz CT molecular complexity index is 3440. The van der Waals surface area contributed by atoms with Crippen molar-refractivity contribution in [2.24, 2.45) is 0 Å². The molecule has 0 amide bonds. The van der Waals surface area contributed by atoms with Crippen LogP contribution in [0.25, 0.3) is 112 Å². The Morgan fingerprint density at radius 1 is 0.386 bits per heavy atom. The minimum atomic E-state index is 0.913. The average molecular weight is 731 g/mol. The molecule has 57 heavy (non-hydrogen) atoms. The molecule has 3 heterocycles. The van der Waals surface area contributed by atoms with Gasteiger partial charge in [0.15, 0.2) is 0 Å². The smallest absolute Gasteiger partial charge is 0.143 e. The van der Waals surface area contributed by atoms with E-state index in [0.29, 0.717) is 0 Å². The van der Waals surface area contributed by atoms with Gasteiger partial charge in [-0.2, -0.15) is 0 Å². The second-order valence-electron chi connectivity index (χ2n) is 14.7. The molecule has 0 aliphatic rings. The molecule has 0 bridgehead atoms. The molecule has 270 valence electrons. The van der Waals surface area contributed by atoms with Gasteiger partial charge in [0.05, 0.1) is 16.6 Å². The number of aromatic nitrogens is 2. The van der Waals surface area contributed by atoms with Gasteiger partial charge in [0, 0.05) is 54.4 Å². The maximum atomic E-state index is 6.40. The fraction of sp³-hybridized carbons (Fsp3) is 0.0370. The van der Waals surface area contributed by atoms with Crippen LogP contribution in [0, 0.1) is 0 Å². The maximum absolute atomic E-state index is 6.40. The molecule has 3 nitrogen and oxygen atoms in total. The molecule has 0 N–H and O–H groups in total. The van der Waals surface area contributed by atoms with Crippen molar-refractivity contribution in [1.29, 1.82) is 0 Å². The average Bonchev–Trinajstić information content (AvgIpc) is 3.94. The van der Waals surface area contributed by atoms with E-state index in [1.54, 1.807) is 0 Å². The number of para-hydroxylation sites is 3. The molecule has 0 atom stereocenters. The first kappa shape index (κ1) is 33.0. The third-order valence-electron chi connectivity index (χ3n) is 11.7. The van der Waals surface area contributed by atoms with Gasteiger partial charge in [-0.3, -0.25) is 0 Å². The van der Waals surface area contributed by atoms with Gasteiger partial charge in [0.25, 0.3) is 0 Å². The van der Waals surface area contributed by atoms with Gasteiger partial charge in [-0.05, 0) is 90.2 Å². The molecule has 0 saturated heterocycles. The Morgan fingerprint density at radius 2 is 0.930 bits per heavy atom. The highest BCUT2D eigenvalue weighted by Gasteiger charge is 2.20. The highest BCUT2D eigenvalue weighted by atomic mass is 16.3. The molecule has 0 fully saturated rings. The molecular formula is C54H38N2O. The van der Waals surface area contributed by atoms with Crippen molar-refractivity contribution in [1.82, 2.24) is 9.13 Å². The fourth-order valence-electron chi connectivity index (χ4n) is 9.07. The zero-order valence-corrected chi connectivity index (χ0v) is 31.8. The molecule has 11 rings (SSSR count). The SMILES string of the molecule is C/C=c1\c(=C/C)n(-c2ccc(-c3cccc4c3oc3ccccc34)cc2)c2ccc3c(c4ccccc4n3-c3ccc(-c4ccc(-c5ccccc5)cc4)cc3)c12. The third kappa shape index (κ3) is 5.13. The van der Waals surface area contributed by atoms with Crippen molar-refractivity contribution in [3.05, 3.63) is 193 Å². The summed E-state index contributed by atoms with van der Waals surface area (Å²) in [6, 6.07) is 65.5. The van der Waals surface area contributed by atoms with Gasteiger partial charge in [-0.25, -0.2) is 0 Å². The van der Waals surface area contributed by atoms with Crippen molar-refractivity contribution < 1.29 is 4.42 Å². The van der Waals surface area contributed by atoms with Crippen LogP contribution < -0.4 is 10.6 Å². The predicted molar refractivity (Wildman–Crippen MR) is 241 cm³/mol. The standard InChI is InChI=1S/C54H38N2O/c1-3-42-47(4-2)55(40-31-27-39(28-32-40)43-17-12-18-45-44-15-9-11-20-51(44)57-54(43)45)49-33-34-50-53(52(42)49)46-16-8-10-19-48(46)56(50)41-29-25-38(26-30-41)37-23-21-36(22-24-37)35-13-6-5-7-14-35/h3-34H,1-2H3/b42-3+,47-4+. The van der Waals surface area contributed by atoms with Gasteiger partial charge in [0.1, 0.15) is 11.2 Å². The van der Waals surface area contributed by atoms with E-state index in [4.69, 9.17) is 4.42 Å². The van der Waals surface area contributed by atoms with E-state index < -0.39 is 0 Å². The lowest BCUT2D eigenvalue weighted by Gasteiger charge is -2.11. The zero-order valence-electron chi connectivity index (χ0n) is 31.8. The van der Waals surface area contributed by atoms with Crippen molar-refractivity contribution in [3.63, 3.8) is 0 Å². The topological polar surface area (TPSA) is 23.0 Å². The molecule has 0 radical (unpaired) electrons. The Labute approximate surface area is 330 Å². The highest BCUT2D eigenvalue weighted by Crippen LogP contribution is 2.38. The van der Waals surface area contributed by atoms with Crippen LogP contribution in [0.4, 0.5) is 0 Å². The first-order chi connectivity index (χ1) is 28.2. The Morgan fingerprint density at radius 3 is 1.61 bits per heavy atom. The van der Waals surface area contributed by atoms with E-state index in [-0.39, 0.29) is 0 Å². The second-order valence-corrected chi connectivity index (χ2v) is 14.7. The minimum Gasteiger partial charge on any atom is -0.455 e. The lowest BCUT2D eigenvalue weighted by molar-refractivity contribution is 0.670. The minimum absolute atomic E-state index is 0.913. The normalized spacial score (nSPS) is 12.6. The monoisotopic (exact) mass is 730 g/mol. The molecule has 3 heteroatoms. The van der Waals surface area contributed by atoms with Crippen LogP contribution in [-0.4, -0.2) is 9.13 Å². The number of fused-ring (bicyclic) bond motifs is 8. The van der Waals surface area contributed by atoms with Crippen LogP contribution in [0.15, 0.2) is 186 Å². The van der Waals surface area contributed by atoms with Crippen molar-refractivity contribution in [2.75, 3.05) is 0 Å². The lowest BCUT2D eigenvalue weighted by Crippen LogP contribution is -2.27. The predicted octanol–water partition coefficient (Wildman–Crippen LogP) is 13.2. The zero-order chi connectivity index (χ0) is 38.0. The molecule has 8 aromatic carbocycles. The third-order valence-corrected chi connectivity index (χ3v) is 11.7. The summed E-state index contributed by atoms with van der Waals surface area (Å²) in [5, 5.41) is 8.50. The molecule has 0 unspecified atom stereocenters. The molecule has 0 spiro atoms. The van der Waals surface area contributed by atoms with E-state index in [1.165, 1.54) is 65.5 Å². The van der Waals surface area contributed by atoms with E-state index in [2.05, 4.69) is 205 Å². The summed E-state index contributed by atoms with van der Waals surface area (Å²) in [4.78, 5) is 0. The summed E-state index contributed by atoms with van der Waals surface area (Å²) in [6.45, 7) is 4.30. The van der Waals surface area contributed by atoms with Crippen molar-refractivity contribution >= 4 is 66.8 Å². The first-order valence-corrected chi connectivity index (χ1v) is 19.7. The summed E-state index contributed by atoms with van der Waals surface area (Å²) in [6.07, 6.45) is 4.52. The number of benzene rings is 8. The summed E-state index contributed by atoms with van der Waals surface area (Å²) in [5.41, 5.74) is 14.8. The van der Waals surface area contributed by atoms with Gasteiger partial charge in [0.2, 0.25) is 0 Å². The molecule has 0 aliphatic heterocycles. The van der Waals surface area contributed by atoms with Gasteiger partial charge in [-0.15, -0.1) is 0 Å². The Hall–Kier alpha value is -7.36. The highest BCUT2D eigenvalue weighted by molar-refractivity contribution is 6.21. The number of nitrogens with zero attached hydrogens (tertiary/aromatic N) is 2. The Balaban J connectivity index is 1.03. The number of furan rings is 1. The molecule has 11 aromatic rings. The van der Waals surface area contributed by atoms with E-state index in [1.807, 2.05) is 12.1 Å². The summed E-state index contributed by atoms with van der Waals surface area (Å²) < 4.78 is 11.2. The number of hydrogen-bond acceptors (Lipinski definition) is 1.